The van der Waals surface area contributed by atoms with E-state index in [4.69, 9.17) is 15.2 Å². The maximum Gasteiger partial charge on any atom is 0.249 e. The van der Waals surface area contributed by atoms with Crippen molar-refractivity contribution in [1.29, 1.82) is 0 Å². The van der Waals surface area contributed by atoms with Crippen molar-refractivity contribution in [3.05, 3.63) is 42.5 Å². The van der Waals surface area contributed by atoms with Gasteiger partial charge in [-0.15, -0.1) is 0 Å². The molecular weight excluding hydrogens is 292 g/mol. The van der Waals surface area contributed by atoms with Crippen LogP contribution in [0, 0.1) is 0 Å². The molecule has 3 N–H and O–H groups in total. The maximum atomic E-state index is 12.0. The van der Waals surface area contributed by atoms with Crippen LogP contribution in [-0.2, 0) is 9.53 Å². The smallest absolute Gasteiger partial charge is 0.249 e. The highest BCUT2D eigenvalue weighted by Gasteiger charge is 2.29. The normalized spacial score (nSPS) is 20.6. The number of hydrogen-bond donors (Lipinski definition) is 2. The van der Waals surface area contributed by atoms with E-state index in [0.29, 0.717) is 19.7 Å². The molecule has 0 spiro atoms. The average Bonchev–Trinajstić information content (AvgIpc) is 3.07. The Morgan fingerprint density at radius 1 is 1.22 bits per heavy atom. The summed E-state index contributed by atoms with van der Waals surface area (Å²) in [5, 5.41) is 5.17. The van der Waals surface area contributed by atoms with Crippen LogP contribution in [0.2, 0.25) is 0 Å². The molecule has 5 heteroatoms. The van der Waals surface area contributed by atoms with E-state index in [0.717, 1.165) is 24.0 Å². The molecule has 2 aromatic carbocycles. The molecule has 3 rings (SSSR count). The van der Waals surface area contributed by atoms with Gasteiger partial charge in [0.1, 0.15) is 18.5 Å². The van der Waals surface area contributed by atoms with Crippen LogP contribution in [0.3, 0.4) is 0 Å². The summed E-state index contributed by atoms with van der Waals surface area (Å²) in [5.41, 5.74) is 5.54. The molecule has 2 aromatic rings. The fourth-order valence-corrected chi connectivity index (χ4v) is 2.79. The molecule has 23 heavy (non-hydrogen) atoms. The third kappa shape index (κ3) is 4.00. The van der Waals surface area contributed by atoms with E-state index in [1.54, 1.807) is 0 Å². The van der Waals surface area contributed by atoms with E-state index < -0.39 is 0 Å². The molecule has 0 radical (unpaired) electrons. The first-order chi connectivity index (χ1) is 11.3. The van der Waals surface area contributed by atoms with E-state index in [1.807, 2.05) is 30.3 Å². The zero-order chi connectivity index (χ0) is 16.1. The molecular formula is C18H22N2O3. The van der Waals surface area contributed by atoms with Gasteiger partial charge in [0.15, 0.2) is 0 Å². The monoisotopic (exact) mass is 314 g/mol. The molecule has 1 amide bonds. The molecule has 1 saturated heterocycles. The van der Waals surface area contributed by atoms with Crippen molar-refractivity contribution in [3.63, 3.8) is 0 Å². The number of nitrogens with one attached hydrogen (secondary N) is 1. The molecule has 1 heterocycles. The Balaban J connectivity index is 1.43. The molecule has 0 aliphatic carbocycles. The van der Waals surface area contributed by atoms with Crippen LogP contribution >= 0.6 is 0 Å². The van der Waals surface area contributed by atoms with Crippen LogP contribution < -0.4 is 15.8 Å². The molecule has 0 bridgehead atoms. The summed E-state index contributed by atoms with van der Waals surface area (Å²) in [6.45, 7) is 1.35. The summed E-state index contributed by atoms with van der Waals surface area (Å²) in [7, 11) is 0. The van der Waals surface area contributed by atoms with Crippen molar-refractivity contribution in [2.75, 3.05) is 19.7 Å². The summed E-state index contributed by atoms with van der Waals surface area (Å²) >= 11 is 0. The SMILES string of the molecule is NC[C@H]1CC[C@@H](C(=O)NCCOc2ccc3ccccc3c2)O1. The van der Waals surface area contributed by atoms with Gasteiger partial charge in [-0.3, -0.25) is 4.79 Å². The molecule has 0 aromatic heterocycles. The summed E-state index contributed by atoms with van der Waals surface area (Å²) < 4.78 is 11.3. The second-order valence-corrected chi connectivity index (χ2v) is 5.71. The van der Waals surface area contributed by atoms with E-state index in [9.17, 15) is 4.79 Å². The van der Waals surface area contributed by atoms with Crippen LogP contribution in [0.15, 0.2) is 42.5 Å². The Kier molecular flexibility index (Phi) is 5.10. The number of fused-ring (bicyclic) bond motifs is 1. The van der Waals surface area contributed by atoms with Crippen molar-refractivity contribution in [3.8, 4) is 5.75 Å². The van der Waals surface area contributed by atoms with Gasteiger partial charge in [0.25, 0.3) is 0 Å². The fourth-order valence-electron chi connectivity index (χ4n) is 2.79. The fraction of sp³-hybridized carbons (Fsp3) is 0.389. The molecule has 122 valence electrons. The van der Waals surface area contributed by atoms with Crippen molar-refractivity contribution < 1.29 is 14.3 Å². The number of carbonyl (C=O) groups is 1. The van der Waals surface area contributed by atoms with Gasteiger partial charge in [-0.2, -0.15) is 0 Å². The van der Waals surface area contributed by atoms with Gasteiger partial charge in [-0.25, -0.2) is 0 Å². The second-order valence-electron chi connectivity index (χ2n) is 5.71. The number of rotatable bonds is 6. The van der Waals surface area contributed by atoms with Crippen LogP contribution in [0.4, 0.5) is 0 Å². The third-order valence-electron chi connectivity index (χ3n) is 4.05. The Bertz CT molecular complexity index is 674. The Hall–Kier alpha value is -2.11. The lowest BCUT2D eigenvalue weighted by molar-refractivity contribution is -0.131. The zero-order valence-electron chi connectivity index (χ0n) is 13.0. The van der Waals surface area contributed by atoms with Crippen LogP contribution in [-0.4, -0.2) is 37.8 Å². The Morgan fingerprint density at radius 2 is 2.04 bits per heavy atom. The minimum atomic E-state index is -0.371. The minimum Gasteiger partial charge on any atom is -0.492 e. The maximum absolute atomic E-state index is 12.0. The van der Waals surface area contributed by atoms with E-state index in [-0.39, 0.29) is 18.1 Å². The molecule has 1 fully saturated rings. The molecule has 0 saturated carbocycles. The summed E-state index contributed by atoms with van der Waals surface area (Å²) in [5.74, 6) is 0.723. The third-order valence-corrected chi connectivity index (χ3v) is 4.05. The minimum absolute atomic E-state index is 0.0135. The first kappa shape index (κ1) is 15.8. The molecule has 5 nitrogen and oxygen atoms in total. The zero-order valence-corrected chi connectivity index (χ0v) is 13.0. The number of carbonyl (C=O) groups excluding carboxylic acids is 1. The van der Waals surface area contributed by atoms with Gasteiger partial charge in [0.05, 0.1) is 12.6 Å². The lowest BCUT2D eigenvalue weighted by Gasteiger charge is -2.13. The van der Waals surface area contributed by atoms with Crippen molar-refractivity contribution in [1.82, 2.24) is 5.32 Å². The van der Waals surface area contributed by atoms with E-state index >= 15 is 0 Å². The number of ether oxygens (including phenoxy) is 2. The van der Waals surface area contributed by atoms with Crippen LogP contribution in [0.25, 0.3) is 10.8 Å². The van der Waals surface area contributed by atoms with Gasteiger partial charge in [-0.1, -0.05) is 30.3 Å². The lowest BCUT2D eigenvalue weighted by atomic mass is 10.1. The van der Waals surface area contributed by atoms with E-state index in [2.05, 4.69) is 17.4 Å². The number of nitrogens with two attached hydrogens (primary N) is 1. The predicted molar refractivity (Wildman–Crippen MR) is 89.4 cm³/mol. The quantitative estimate of drug-likeness (QED) is 0.798. The molecule has 0 unspecified atom stereocenters. The molecule has 2 atom stereocenters. The summed E-state index contributed by atoms with van der Waals surface area (Å²) in [6, 6.07) is 14.1. The summed E-state index contributed by atoms with van der Waals surface area (Å²) in [4.78, 5) is 12.0. The second kappa shape index (κ2) is 7.44. The highest BCUT2D eigenvalue weighted by Crippen LogP contribution is 2.20. The predicted octanol–water partition coefficient (Wildman–Crippen LogP) is 1.84. The Morgan fingerprint density at radius 3 is 2.83 bits per heavy atom. The van der Waals surface area contributed by atoms with Crippen molar-refractivity contribution in [2.24, 2.45) is 5.73 Å². The molecule has 1 aliphatic heterocycles. The van der Waals surface area contributed by atoms with Crippen molar-refractivity contribution >= 4 is 16.7 Å². The highest BCUT2D eigenvalue weighted by atomic mass is 16.5. The number of hydrogen-bond acceptors (Lipinski definition) is 4. The number of amides is 1. The van der Waals surface area contributed by atoms with Gasteiger partial charge in [0, 0.05) is 6.54 Å². The van der Waals surface area contributed by atoms with Gasteiger partial charge >= 0.3 is 0 Å². The lowest BCUT2D eigenvalue weighted by Crippen LogP contribution is -2.37. The van der Waals surface area contributed by atoms with Gasteiger partial charge < -0.3 is 20.5 Å². The van der Waals surface area contributed by atoms with Gasteiger partial charge in [0.2, 0.25) is 5.91 Å². The largest absolute Gasteiger partial charge is 0.492 e. The first-order valence-corrected chi connectivity index (χ1v) is 8.01. The summed E-state index contributed by atoms with van der Waals surface area (Å²) in [6.07, 6.45) is 1.23. The average molecular weight is 314 g/mol. The van der Waals surface area contributed by atoms with Crippen molar-refractivity contribution in [2.45, 2.75) is 25.0 Å². The van der Waals surface area contributed by atoms with E-state index in [1.165, 1.54) is 5.39 Å². The number of benzene rings is 2. The highest BCUT2D eigenvalue weighted by molar-refractivity contribution is 5.83. The topological polar surface area (TPSA) is 73.6 Å². The standard InChI is InChI=1S/C18H22N2O3/c19-12-16-7-8-17(23-16)18(21)20-9-10-22-15-6-5-13-3-1-2-4-14(13)11-15/h1-6,11,16-17H,7-10,12,19H2,(H,20,21)/t16-,17+/m1/s1. The molecule has 1 aliphatic rings. The van der Waals surface area contributed by atoms with Crippen LogP contribution in [0.5, 0.6) is 5.75 Å². The first-order valence-electron chi connectivity index (χ1n) is 8.01. The van der Waals surface area contributed by atoms with Crippen LogP contribution in [0.1, 0.15) is 12.8 Å². The Labute approximate surface area is 135 Å². The van der Waals surface area contributed by atoms with Gasteiger partial charge in [-0.05, 0) is 35.7 Å².